The minimum Gasteiger partial charge on any atom is -0.378 e. The lowest BCUT2D eigenvalue weighted by Gasteiger charge is -2.40. The van der Waals surface area contributed by atoms with Crippen molar-refractivity contribution in [2.75, 3.05) is 56.6 Å². The summed E-state index contributed by atoms with van der Waals surface area (Å²) in [4.78, 5) is 18.9. The van der Waals surface area contributed by atoms with Crippen LogP contribution in [0.2, 0.25) is 0 Å². The summed E-state index contributed by atoms with van der Waals surface area (Å²) in [5, 5.41) is 3.10. The summed E-state index contributed by atoms with van der Waals surface area (Å²) in [6, 6.07) is 19.5. The monoisotopic (exact) mass is 380 g/mol. The van der Waals surface area contributed by atoms with E-state index in [4.69, 9.17) is 0 Å². The van der Waals surface area contributed by atoms with E-state index in [1.807, 2.05) is 6.92 Å². The van der Waals surface area contributed by atoms with Crippen molar-refractivity contribution in [3.8, 4) is 0 Å². The van der Waals surface area contributed by atoms with Gasteiger partial charge < -0.3 is 15.1 Å². The molecule has 3 rings (SSSR count). The summed E-state index contributed by atoms with van der Waals surface area (Å²) >= 11 is 0. The number of rotatable bonds is 7. The summed E-state index contributed by atoms with van der Waals surface area (Å²) in [7, 11) is 4.10. The van der Waals surface area contributed by atoms with E-state index in [2.05, 4.69) is 88.7 Å². The quantitative estimate of drug-likeness (QED) is 0.801. The van der Waals surface area contributed by atoms with Crippen molar-refractivity contribution in [1.82, 2.24) is 10.2 Å². The Morgan fingerprint density at radius 1 is 1.00 bits per heavy atom. The van der Waals surface area contributed by atoms with Gasteiger partial charge >= 0.3 is 0 Å². The second-order valence-electron chi connectivity index (χ2n) is 7.52. The van der Waals surface area contributed by atoms with Crippen LogP contribution in [0.5, 0.6) is 0 Å². The maximum Gasteiger partial charge on any atom is 0.219 e. The fraction of sp³-hybridized carbons (Fsp3) is 0.435. The van der Waals surface area contributed by atoms with Crippen molar-refractivity contribution in [1.29, 1.82) is 0 Å². The highest BCUT2D eigenvalue weighted by molar-refractivity contribution is 5.75. The zero-order valence-corrected chi connectivity index (χ0v) is 17.3. The molecule has 0 spiro atoms. The molecular weight excluding hydrogens is 348 g/mol. The molecule has 1 heterocycles. The van der Waals surface area contributed by atoms with Crippen molar-refractivity contribution in [3.63, 3.8) is 0 Å². The van der Waals surface area contributed by atoms with Gasteiger partial charge in [-0.15, -0.1) is 0 Å². The second-order valence-corrected chi connectivity index (χ2v) is 7.52. The van der Waals surface area contributed by atoms with E-state index >= 15 is 0 Å². The van der Waals surface area contributed by atoms with Crippen molar-refractivity contribution in [2.24, 2.45) is 0 Å². The molecule has 0 aliphatic carbocycles. The van der Waals surface area contributed by atoms with Crippen LogP contribution in [-0.4, -0.2) is 57.6 Å². The Morgan fingerprint density at radius 2 is 1.64 bits per heavy atom. The highest BCUT2D eigenvalue weighted by Gasteiger charge is 2.25. The van der Waals surface area contributed by atoms with Gasteiger partial charge in [0, 0.05) is 64.6 Å². The highest BCUT2D eigenvalue weighted by Crippen LogP contribution is 2.25. The Kier molecular flexibility index (Phi) is 6.93. The largest absolute Gasteiger partial charge is 0.378 e. The first kappa shape index (κ1) is 20.2. The molecule has 0 bridgehead atoms. The fourth-order valence-electron chi connectivity index (χ4n) is 3.72. The van der Waals surface area contributed by atoms with Crippen molar-refractivity contribution in [2.45, 2.75) is 19.4 Å². The Balaban J connectivity index is 1.71. The SMILES string of the molecule is CCC(=O)NC[C@@H](c1ccc(N(C)C)cc1)N1CCN(c2ccccc2)CC1. The minimum absolute atomic E-state index is 0.109. The van der Waals surface area contributed by atoms with Crippen molar-refractivity contribution < 1.29 is 4.79 Å². The molecule has 1 amide bonds. The first-order chi connectivity index (χ1) is 13.6. The number of para-hydroxylation sites is 1. The van der Waals surface area contributed by atoms with Gasteiger partial charge in [-0.2, -0.15) is 0 Å². The van der Waals surface area contributed by atoms with Crippen LogP contribution in [0.4, 0.5) is 11.4 Å². The lowest BCUT2D eigenvalue weighted by Crippen LogP contribution is -2.49. The topological polar surface area (TPSA) is 38.8 Å². The van der Waals surface area contributed by atoms with Gasteiger partial charge in [-0.3, -0.25) is 9.69 Å². The molecule has 0 aromatic heterocycles. The zero-order chi connectivity index (χ0) is 19.9. The van der Waals surface area contributed by atoms with E-state index in [1.165, 1.54) is 16.9 Å². The first-order valence-corrected chi connectivity index (χ1v) is 10.2. The maximum absolute atomic E-state index is 11.9. The molecule has 1 aliphatic heterocycles. The number of anilines is 2. The number of nitrogens with zero attached hydrogens (tertiary/aromatic N) is 3. The third-order valence-electron chi connectivity index (χ3n) is 5.48. The van der Waals surface area contributed by atoms with Gasteiger partial charge in [0.1, 0.15) is 0 Å². The van der Waals surface area contributed by atoms with E-state index in [0.29, 0.717) is 13.0 Å². The number of nitrogens with one attached hydrogen (secondary N) is 1. The van der Waals surface area contributed by atoms with Crippen LogP contribution < -0.4 is 15.1 Å². The molecule has 0 saturated carbocycles. The second kappa shape index (κ2) is 9.60. The van der Waals surface area contributed by atoms with Gasteiger partial charge in [-0.1, -0.05) is 37.3 Å². The molecule has 2 aromatic rings. The van der Waals surface area contributed by atoms with E-state index in [9.17, 15) is 4.79 Å². The Labute approximate surface area is 168 Å². The minimum atomic E-state index is 0.109. The Bertz CT molecular complexity index is 737. The molecule has 150 valence electrons. The molecule has 1 aliphatic rings. The zero-order valence-electron chi connectivity index (χ0n) is 17.3. The fourth-order valence-corrected chi connectivity index (χ4v) is 3.72. The van der Waals surface area contributed by atoms with Crippen LogP contribution in [0, 0.1) is 0 Å². The smallest absolute Gasteiger partial charge is 0.219 e. The lowest BCUT2D eigenvalue weighted by atomic mass is 10.0. The van der Waals surface area contributed by atoms with E-state index in [1.54, 1.807) is 0 Å². The summed E-state index contributed by atoms with van der Waals surface area (Å²) < 4.78 is 0. The number of hydrogen-bond donors (Lipinski definition) is 1. The molecule has 1 N–H and O–H groups in total. The van der Waals surface area contributed by atoms with Crippen LogP contribution in [0.1, 0.15) is 24.9 Å². The maximum atomic E-state index is 11.9. The number of hydrogen-bond acceptors (Lipinski definition) is 4. The standard InChI is InChI=1S/C23H32N4O/c1-4-23(28)24-18-22(19-10-12-20(13-11-19)25(2)3)27-16-14-26(15-17-27)21-8-6-5-7-9-21/h5-13,22H,4,14-18H2,1-3H3,(H,24,28)/t22-/m0/s1. The van der Waals surface area contributed by atoms with Gasteiger partial charge in [0.25, 0.3) is 0 Å². The molecule has 0 radical (unpaired) electrons. The molecular formula is C23H32N4O. The van der Waals surface area contributed by atoms with Gasteiger partial charge in [0.2, 0.25) is 5.91 Å². The number of piperazine rings is 1. The molecule has 2 aromatic carbocycles. The predicted octanol–water partition coefficient (Wildman–Crippen LogP) is 3.14. The third-order valence-corrected chi connectivity index (χ3v) is 5.48. The summed E-state index contributed by atoms with van der Waals surface area (Å²) in [6.07, 6.45) is 0.522. The number of amides is 1. The van der Waals surface area contributed by atoms with Crippen LogP contribution in [0.3, 0.4) is 0 Å². The average Bonchev–Trinajstić information content (AvgIpc) is 2.75. The lowest BCUT2D eigenvalue weighted by molar-refractivity contribution is -0.121. The van der Waals surface area contributed by atoms with Gasteiger partial charge in [-0.05, 0) is 29.8 Å². The molecule has 1 saturated heterocycles. The van der Waals surface area contributed by atoms with E-state index in [-0.39, 0.29) is 11.9 Å². The first-order valence-electron chi connectivity index (χ1n) is 10.2. The summed E-state index contributed by atoms with van der Waals surface area (Å²) in [6.45, 7) is 6.51. The van der Waals surface area contributed by atoms with Crippen LogP contribution in [0.25, 0.3) is 0 Å². The van der Waals surface area contributed by atoms with Crippen LogP contribution in [0.15, 0.2) is 54.6 Å². The summed E-state index contributed by atoms with van der Waals surface area (Å²) in [5.74, 6) is 0.109. The van der Waals surface area contributed by atoms with E-state index < -0.39 is 0 Å². The highest BCUT2D eigenvalue weighted by atomic mass is 16.1. The predicted molar refractivity (Wildman–Crippen MR) is 117 cm³/mol. The van der Waals surface area contributed by atoms with Crippen LogP contribution >= 0.6 is 0 Å². The average molecular weight is 381 g/mol. The molecule has 28 heavy (non-hydrogen) atoms. The number of benzene rings is 2. The number of carbonyl (C=O) groups excluding carboxylic acids is 1. The van der Waals surface area contributed by atoms with Gasteiger partial charge in [-0.25, -0.2) is 0 Å². The van der Waals surface area contributed by atoms with Crippen molar-refractivity contribution in [3.05, 3.63) is 60.2 Å². The molecule has 0 unspecified atom stereocenters. The molecule has 1 atom stereocenters. The van der Waals surface area contributed by atoms with E-state index in [0.717, 1.165) is 26.2 Å². The number of carbonyl (C=O) groups is 1. The van der Waals surface area contributed by atoms with Gasteiger partial charge in [0.05, 0.1) is 6.04 Å². The van der Waals surface area contributed by atoms with Gasteiger partial charge in [0.15, 0.2) is 0 Å². The molecule has 5 nitrogen and oxygen atoms in total. The molecule has 1 fully saturated rings. The third kappa shape index (κ3) is 5.04. The summed E-state index contributed by atoms with van der Waals surface area (Å²) in [5.41, 5.74) is 3.73. The van der Waals surface area contributed by atoms with Crippen molar-refractivity contribution >= 4 is 17.3 Å². The normalized spacial score (nSPS) is 15.9. The Morgan fingerprint density at radius 3 is 2.21 bits per heavy atom. The Hall–Kier alpha value is -2.53. The molecule has 5 heteroatoms. The van der Waals surface area contributed by atoms with Crippen LogP contribution in [-0.2, 0) is 4.79 Å².